The predicted octanol–water partition coefficient (Wildman–Crippen LogP) is 1.10. The van der Waals surface area contributed by atoms with Crippen LogP contribution >= 0.6 is 0 Å². The van der Waals surface area contributed by atoms with E-state index in [1.807, 2.05) is 25.1 Å². The standard InChI is InChI=1S/C14H19N3O2/c1-11-6-3-5-9-17(11)14(19)13(18)16-10-12-7-2-4-8-15-12/h2,4,7-8,11H,3,5-6,9-10H2,1H3,(H,16,18). The quantitative estimate of drug-likeness (QED) is 0.811. The van der Waals surface area contributed by atoms with Gasteiger partial charge in [-0.2, -0.15) is 0 Å². The third kappa shape index (κ3) is 3.53. The molecule has 1 saturated heterocycles. The van der Waals surface area contributed by atoms with Crippen molar-refractivity contribution in [2.45, 2.75) is 38.8 Å². The van der Waals surface area contributed by atoms with Gasteiger partial charge in [-0.25, -0.2) is 0 Å². The summed E-state index contributed by atoms with van der Waals surface area (Å²) in [5, 5.41) is 2.62. The summed E-state index contributed by atoms with van der Waals surface area (Å²) < 4.78 is 0. The van der Waals surface area contributed by atoms with Crippen molar-refractivity contribution in [1.29, 1.82) is 0 Å². The largest absolute Gasteiger partial charge is 0.342 e. The molecule has 1 fully saturated rings. The van der Waals surface area contributed by atoms with E-state index >= 15 is 0 Å². The number of pyridine rings is 1. The number of rotatable bonds is 2. The highest BCUT2D eigenvalue weighted by Gasteiger charge is 2.27. The summed E-state index contributed by atoms with van der Waals surface area (Å²) in [5.41, 5.74) is 0.746. The van der Waals surface area contributed by atoms with Gasteiger partial charge >= 0.3 is 11.8 Å². The van der Waals surface area contributed by atoms with E-state index in [1.54, 1.807) is 11.1 Å². The van der Waals surface area contributed by atoms with Crippen LogP contribution in [-0.4, -0.2) is 34.3 Å². The average molecular weight is 261 g/mol. The number of hydrogen-bond acceptors (Lipinski definition) is 3. The zero-order valence-electron chi connectivity index (χ0n) is 11.1. The van der Waals surface area contributed by atoms with E-state index in [1.165, 1.54) is 0 Å². The predicted molar refractivity (Wildman–Crippen MR) is 71.1 cm³/mol. The fourth-order valence-corrected chi connectivity index (χ4v) is 2.28. The molecule has 5 nitrogen and oxygen atoms in total. The van der Waals surface area contributed by atoms with Crippen LogP contribution < -0.4 is 5.32 Å². The monoisotopic (exact) mass is 261 g/mol. The first kappa shape index (κ1) is 13.5. The van der Waals surface area contributed by atoms with Crippen LogP contribution in [0.15, 0.2) is 24.4 Å². The summed E-state index contributed by atoms with van der Waals surface area (Å²) in [6, 6.07) is 5.63. The molecule has 1 aromatic rings. The van der Waals surface area contributed by atoms with Gasteiger partial charge in [-0.1, -0.05) is 6.07 Å². The molecular formula is C14H19N3O2. The lowest BCUT2D eigenvalue weighted by Crippen LogP contribution is -2.48. The molecule has 19 heavy (non-hydrogen) atoms. The van der Waals surface area contributed by atoms with E-state index in [0.717, 1.165) is 25.0 Å². The number of piperidine rings is 1. The molecule has 2 amide bonds. The summed E-state index contributed by atoms with van der Waals surface area (Å²) in [4.78, 5) is 29.6. The molecule has 0 aromatic carbocycles. The summed E-state index contributed by atoms with van der Waals surface area (Å²) in [6.07, 6.45) is 4.74. The lowest BCUT2D eigenvalue weighted by atomic mass is 10.0. The molecule has 1 N–H and O–H groups in total. The highest BCUT2D eigenvalue weighted by atomic mass is 16.2. The fraction of sp³-hybridized carbons (Fsp3) is 0.500. The van der Waals surface area contributed by atoms with Crippen LogP contribution in [0, 0.1) is 0 Å². The summed E-state index contributed by atoms with van der Waals surface area (Å²) in [7, 11) is 0. The van der Waals surface area contributed by atoms with Crippen molar-refractivity contribution in [2.24, 2.45) is 0 Å². The molecule has 1 atom stereocenters. The normalized spacial score (nSPS) is 19.0. The van der Waals surface area contributed by atoms with Gasteiger partial charge in [0.1, 0.15) is 0 Å². The van der Waals surface area contributed by atoms with Gasteiger partial charge in [-0.15, -0.1) is 0 Å². The molecule has 2 rings (SSSR count). The molecule has 5 heteroatoms. The van der Waals surface area contributed by atoms with Gasteiger partial charge in [0.15, 0.2) is 0 Å². The van der Waals surface area contributed by atoms with E-state index in [-0.39, 0.29) is 12.6 Å². The second kappa shape index (κ2) is 6.31. The fourth-order valence-electron chi connectivity index (χ4n) is 2.28. The number of amides is 2. The van der Waals surface area contributed by atoms with E-state index in [9.17, 15) is 9.59 Å². The second-order valence-corrected chi connectivity index (χ2v) is 4.85. The van der Waals surface area contributed by atoms with E-state index in [2.05, 4.69) is 10.3 Å². The molecule has 102 valence electrons. The number of carbonyl (C=O) groups excluding carboxylic acids is 2. The van der Waals surface area contributed by atoms with E-state index in [4.69, 9.17) is 0 Å². The van der Waals surface area contributed by atoms with Crippen LogP contribution in [0.25, 0.3) is 0 Å². The van der Waals surface area contributed by atoms with Crippen LogP contribution in [0.2, 0.25) is 0 Å². The van der Waals surface area contributed by atoms with Crippen molar-refractivity contribution in [3.8, 4) is 0 Å². The van der Waals surface area contributed by atoms with Gasteiger partial charge < -0.3 is 10.2 Å². The Morgan fingerprint density at radius 2 is 2.26 bits per heavy atom. The zero-order valence-corrected chi connectivity index (χ0v) is 11.1. The minimum atomic E-state index is -0.542. The third-order valence-corrected chi connectivity index (χ3v) is 3.41. The first-order valence-corrected chi connectivity index (χ1v) is 6.67. The Bertz CT molecular complexity index is 447. The Morgan fingerprint density at radius 3 is 2.95 bits per heavy atom. The molecule has 2 heterocycles. The molecule has 0 aliphatic carbocycles. The minimum Gasteiger partial charge on any atom is -0.342 e. The van der Waals surface area contributed by atoms with Crippen molar-refractivity contribution in [1.82, 2.24) is 15.2 Å². The highest BCUT2D eigenvalue weighted by Crippen LogP contribution is 2.16. The van der Waals surface area contributed by atoms with Crippen molar-refractivity contribution in [3.63, 3.8) is 0 Å². The lowest BCUT2D eigenvalue weighted by molar-refractivity contribution is -0.148. The van der Waals surface area contributed by atoms with E-state index < -0.39 is 11.8 Å². The number of aromatic nitrogens is 1. The zero-order chi connectivity index (χ0) is 13.7. The first-order chi connectivity index (χ1) is 9.18. The number of carbonyl (C=O) groups is 2. The molecule has 1 aromatic heterocycles. The van der Waals surface area contributed by atoms with Gasteiger partial charge in [0.05, 0.1) is 12.2 Å². The van der Waals surface area contributed by atoms with Gasteiger partial charge in [0, 0.05) is 18.8 Å². The topological polar surface area (TPSA) is 62.3 Å². The molecule has 1 aliphatic heterocycles. The lowest BCUT2D eigenvalue weighted by Gasteiger charge is -2.32. The number of likely N-dealkylation sites (tertiary alicyclic amines) is 1. The molecular weight excluding hydrogens is 242 g/mol. The van der Waals surface area contributed by atoms with Gasteiger partial charge in [-0.05, 0) is 38.3 Å². The smallest absolute Gasteiger partial charge is 0.312 e. The maximum absolute atomic E-state index is 12.0. The Kier molecular flexibility index (Phi) is 4.49. The van der Waals surface area contributed by atoms with Crippen molar-refractivity contribution in [3.05, 3.63) is 30.1 Å². The minimum absolute atomic E-state index is 0.154. The average Bonchev–Trinajstić information content (AvgIpc) is 2.45. The summed E-state index contributed by atoms with van der Waals surface area (Å²) in [5.74, 6) is -0.970. The van der Waals surface area contributed by atoms with Crippen molar-refractivity contribution in [2.75, 3.05) is 6.54 Å². The van der Waals surface area contributed by atoms with Crippen LogP contribution in [0.5, 0.6) is 0 Å². The van der Waals surface area contributed by atoms with E-state index in [0.29, 0.717) is 6.54 Å². The molecule has 0 bridgehead atoms. The Labute approximate surface area is 113 Å². The Balaban J connectivity index is 1.87. The van der Waals surface area contributed by atoms with Gasteiger partial charge in [-0.3, -0.25) is 14.6 Å². The number of nitrogens with zero attached hydrogens (tertiary/aromatic N) is 2. The summed E-state index contributed by atoms with van der Waals surface area (Å²) in [6.45, 7) is 2.95. The molecule has 0 spiro atoms. The molecule has 0 radical (unpaired) electrons. The van der Waals surface area contributed by atoms with Gasteiger partial charge in [0.25, 0.3) is 0 Å². The van der Waals surface area contributed by atoms with Crippen LogP contribution in [0.4, 0.5) is 0 Å². The first-order valence-electron chi connectivity index (χ1n) is 6.67. The number of nitrogens with one attached hydrogen (secondary N) is 1. The highest BCUT2D eigenvalue weighted by molar-refractivity contribution is 6.35. The SMILES string of the molecule is CC1CCCCN1C(=O)C(=O)NCc1ccccn1. The van der Waals surface area contributed by atoms with Gasteiger partial charge in [0.2, 0.25) is 0 Å². The Hall–Kier alpha value is -1.91. The maximum Gasteiger partial charge on any atom is 0.312 e. The summed E-state index contributed by atoms with van der Waals surface area (Å²) >= 11 is 0. The second-order valence-electron chi connectivity index (χ2n) is 4.85. The maximum atomic E-state index is 12.0. The van der Waals surface area contributed by atoms with Crippen molar-refractivity contribution >= 4 is 11.8 Å². The molecule has 0 saturated carbocycles. The molecule has 1 unspecified atom stereocenters. The van der Waals surface area contributed by atoms with Crippen molar-refractivity contribution < 1.29 is 9.59 Å². The van der Waals surface area contributed by atoms with Crippen LogP contribution in [0.1, 0.15) is 31.9 Å². The van der Waals surface area contributed by atoms with Crippen LogP contribution in [-0.2, 0) is 16.1 Å². The van der Waals surface area contributed by atoms with Crippen LogP contribution in [0.3, 0.4) is 0 Å². The molecule has 1 aliphatic rings. The number of hydrogen-bond donors (Lipinski definition) is 1. The third-order valence-electron chi connectivity index (χ3n) is 3.41. The Morgan fingerprint density at radius 1 is 1.42 bits per heavy atom.